The molecule has 0 rings (SSSR count). The number of amides is 1. The summed E-state index contributed by atoms with van der Waals surface area (Å²) in [4.78, 5) is 23.7. The Labute approximate surface area is 80.1 Å². The number of hydrogen-bond donors (Lipinski definition) is 0. The van der Waals surface area contributed by atoms with Crippen LogP contribution in [-0.2, 0) is 9.59 Å². The van der Waals surface area contributed by atoms with Crippen molar-refractivity contribution < 1.29 is 9.59 Å². The SMILES string of the molecule is CC(=O)CCN(C)C(=O)CC(C)C. The summed E-state index contributed by atoms with van der Waals surface area (Å²) in [6.07, 6.45) is 1.02. The molecule has 0 aliphatic heterocycles. The fourth-order valence-corrected chi connectivity index (χ4v) is 0.955. The summed E-state index contributed by atoms with van der Waals surface area (Å²) in [6.45, 7) is 6.11. The number of rotatable bonds is 5. The lowest BCUT2D eigenvalue weighted by molar-refractivity contribution is -0.131. The molecule has 3 heteroatoms. The van der Waals surface area contributed by atoms with E-state index in [-0.39, 0.29) is 11.7 Å². The average molecular weight is 185 g/mol. The van der Waals surface area contributed by atoms with E-state index in [0.717, 1.165) is 0 Å². The molecule has 0 aromatic heterocycles. The van der Waals surface area contributed by atoms with Crippen LogP contribution < -0.4 is 0 Å². The Balaban J connectivity index is 3.76. The number of Topliss-reactive ketones (excluding diaryl/α,β-unsaturated/α-hetero) is 1. The molecule has 0 aromatic rings. The van der Waals surface area contributed by atoms with Crippen LogP contribution >= 0.6 is 0 Å². The lowest BCUT2D eigenvalue weighted by Gasteiger charge is -2.17. The zero-order chi connectivity index (χ0) is 10.4. The summed E-state index contributed by atoms with van der Waals surface area (Å²) in [5.41, 5.74) is 0. The highest BCUT2D eigenvalue weighted by Gasteiger charge is 2.10. The molecular formula is C10H19NO2. The smallest absolute Gasteiger partial charge is 0.222 e. The highest BCUT2D eigenvalue weighted by Crippen LogP contribution is 2.03. The van der Waals surface area contributed by atoms with Crippen molar-refractivity contribution in [2.24, 2.45) is 5.92 Å². The van der Waals surface area contributed by atoms with Crippen LogP contribution in [-0.4, -0.2) is 30.2 Å². The fraction of sp³-hybridized carbons (Fsp3) is 0.800. The number of carbonyl (C=O) groups excluding carboxylic acids is 2. The summed E-state index contributed by atoms with van der Waals surface area (Å²) in [5, 5.41) is 0. The first-order valence-electron chi connectivity index (χ1n) is 4.67. The Bertz CT molecular complexity index is 187. The standard InChI is InChI=1S/C10H19NO2/c1-8(2)7-10(13)11(4)6-5-9(3)12/h8H,5-7H2,1-4H3. The lowest BCUT2D eigenvalue weighted by Crippen LogP contribution is -2.29. The van der Waals surface area contributed by atoms with Gasteiger partial charge in [0.1, 0.15) is 5.78 Å². The van der Waals surface area contributed by atoms with E-state index in [9.17, 15) is 9.59 Å². The van der Waals surface area contributed by atoms with Crippen molar-refractivity contribution in [3.63, 3.8) is 0 Å². The summed E-state index contributed by atoms with van der Waals surface area (Å²) >= 11 is 0. The largest absolute Gasteiger partial charge is 0.345 e. The van der Waals surface area contributed by atoms with Gasteiger partial charge in [0.2, 0.25) is 5.91 Å². The van der Waals surface area contributed by atoms with Gasteiger partial charge in [-0.25, -0.2) is 0 Å². The van der Waals surface area contributed by atoms with E-state index < -0.39 is 0 Å². The Morgan fingerprint density at radius 2 is 1.85 bits per heavy atom. The van der Waals surface area contributed by atoms with Gasteiger partial charge < -0.3 is 4.90 Å². The maximum atomic E-state index is 11.4. The van der Waals surface area contributed by atoms with Gasteiger partial charge in [0.15, 0.2) is 0 Å². The van der Waals surface area contributed by atoms with Gasteiger partial charge in [0, 0.05) is 26.4 Å². The van der Waals surface area contributed by atoms with Crippen LogP contribution in [0.4, 0.5) is 0 Å². The molecule has 0 N–H and O–H groups in total. The predicted octanol–water partition coefficient (Wildman–Crippen LogP) is 1.47. The number of hydrogen-bond acceptors (Lipinski definition) is 2. The van der Waals surface area contributed by atoms with Gasteiger partial charge >= 0.3 is 0 Å². The van der Waals surface area contributed by atoms with Gasteiger partial charge in [-0.1, -0.05) is 13.8 Å². The molecule has 3 nitrogen and oxygen atoms in total. The van der Waals surface area contributed by atoms with Gasteiger partial charge in [-0.05, 0) is 12.8 Å². The second-order valence-electron chi connectivity index (χ2n) is 3.87. The second-order valence-corrected chi connectivity index (χ2v) is 3.87. The Kier molecular flexibility index (Phi) is 5.35. The van der Waals surface area contributed by atoms with Crippen molar-refractivity contribution in [1.29, 1.82) is 0 Å². The van der Waals surface area contributed by atoms with E-state index in [1.165, 1.54) is 0 Å². The zero-order valence-corrected chi connectivity index (χ0v) is 8.96. The summed E-state index contributed by atoms with van der Waals surface area (Å²) in [6, 6.07) is 0. The van der Waals surface area contributed by atoms with Crippen LogP contribution in [0.5, 0.6) is 0 Å². The molecule has 0 atom stereocenters. The maximum absolute atomic E-state index is 11.4. The molecule has 76 valence electrons. The molecule has 0 aliphatic carbocycles. The van der Waals surface area contributed by atoms with E-state index in [1.807, 2.05) is 13.8 Å². The van der Waals surface area contributed by atoms with Crippen LogP contribution in [0.15, 0.2) is 0 Å². The molecule has 0 heterocycles. The van der Waals surface area contributed by atoms with E-state index in [2.05, 4.69) is 0 Å². The molecule has 0 aliphatic rings. The summed E-state index contributed by atoms with van der Waals surface area (Å²) < 4.78 is 0. The van der Waals surface area contributed by atoms with Crippen molar-refractivity contribution >= 4 is 11.7 Å². The van der Waals surface area contributed by atoms with Crippen LogP contribution in [0.3, 0.4) is 0 Å². The molecule has 1 amide bonds. The van der Waals surface area contributed by atoms with E-state index >= 15 is 0 Å². The van der Waals surface area contributed by atoms with Gasteiger partial charge in [0.25, 0.3) is 0 Å². The van der Waals surface area contributed by atoms with Crippen LogP contribution in [0, 0.1) is 5.92 Å². The molecule has 13 heavy (non-hydrogen) atoms. The van der Waals surface area contributed by atoms with Gasteiger partial charge in [0.05, 0.1) is 0 Å². The van der Waals surface area contributed by atoms with Crippen molar-refractivity contribution in [2.45, 2.75) is 33.6 Å². The second kappa shape index (κ2) is 5.73. The molecule has 0 aromatic carbocycles. The number of carbonyl (C=O) groups is 2. The third kappa shape index (κ3) is 6.31. The lowest BCUT2D eigenvalue weighted by atomic mass is 10.1. The average Bonchev–Trinajstić information content (AvgIpc) is 1.98. The zero-order valence-electron chi connectivity index (χ0n) is 8.96. The number of nitrogens with zero attached hydrogens (tertiary/aromatic N) is 1. The predicted molar refractivity (Wildman–Crippen MR) is 52.4 cm³/mol. The third-order valence-electron chi connectivity index (χ3n) is 1.81. The van der Waals surface area contributed by atoms with Gasteiger partial charge in [-0.15, -0.1) is 0 Å². The first kappa shape index (κ1) is 12.1. The topological polar surface area (TPSA) is 37.4 Å². The quantitative estimate of drug-likeness (QED) is 0.650. The highest BCUT2D eigenvalue weighted by atomic mass is 16.2. The van der Waals surface area contributed by atoms with Gasteiger partial charge in [-0.3, -0.25) is 9.59 Å². The molecule has 0 bridgehead atoms. The van der Waals surface area contributed by atoms with Crippen LogP contribution in [0.25, 0.3) is 0 Å². The molecule has 0 fully saturated rings. The molecular weight excluding hydrogens is 166 g/mol. The Morgan fingerprint density at radius 1 is 1.31 bits per heavy atom. The first-order chi connectivity index (χ1) is 5.93. The minimum Gasteiger partial charge on any atom is -0.345 e. The number of ketones is 1. The maximum Gasteiger partial charge on any atom is 0.222 e. The van der Waals surface area contributed by atoms with E-state index in [0.29, 0.717) is 25.3 Å². The molecule has 0 radical (unpaired) electrons. The Morgan fingerprint density at radius 3 is 2.23 bits per heavy atom. The van der Waals surface area contributed by atoms with Crippen LogP contribution in [0.2, 0.25) is 0 Å². The fourth-order valence-electron chi connectivity index (χ4n) is 0.955. The van der Waals surface area contributed by atoms with E-state index in [4.69, 9.17) is 0 Å². The van der Waals surface area contributed by atoms with Crippen molar-refractivity contribution in [3.05, 3.63) is 0 Å². The van der Waals surface area contributed by atoms with Crippen molar-refractivity contribution in [2.75, 3.05) is 13.6 Å². The molecule has 0 unspecified atom stereocenters. The first-order valence-corrected chi connectivity index (χ1v) is 4.67. The molecule has 0 saturated heterocycles. The van der Waals surface area contributed by atoms with Crippen LogP contribution in [0.1, 0.15) is 33.6 Å². The van der Waals surface area contributed by atoms with Crippen molar-refractivity contribution in [3.8, 4) is 0 Å². The van der Waals surface area contributed by atoms with Gasteiger partial charge in [-0.2, -0.15) is 0 Å². The summed E-state index contributed by atoms with van der Waals surface area (Å²) in [5.74, 6) is 0.632. The van der Waals surface area contributed by atoms with Crippen molar-refractivity contribution in [1.82, 2.24) is 4.90 Å². The minimum absolute atomic E-state index is 0.122. The highest BCUT2D eigenvalue weighted by molar-refractivity contribution is 5.78. The third-order valence-corrected chi connectivity index (χ3v) is 1.81. The van der Waals surface area contributed by atoms with E-state index in [1.54, 1.807) is 18.9 Å². The normalized spacial score (nSPS) is 10.2. The molecule has 0 spiro atoms. The Hall–Kier alpha value is -0.860. The minimum atomic E-state index is 0.122. The molecule has 0 saturated carbocycles. The summed E-state index contributed by atoms with van der Waals surface area (Å²) in [7, 11) is 1.74. The monoisotopic (exact) mass is 185 g/mol.